The summed E-state index contributed by atoms with van der Waals surface area (Å²) in [4.78, 5) is 13.1. The minimum absolute atomic E-state index is 0.0201. The molecule has 1 heterocycles. The Balaban J connectivity index is 1.94. The fourth-order valence-electron chi connectivity index (χ4n) is 2.31. The predicted molar refractivity (Wildman–Crippen MR) is 100 cm³/mol. The Morgan fingerprint density at radius 3 is 2.62 bits per heavy atom. The molecule has 2 aromatic carbocycles. The molecule has 0 aliphatic carbocycles. The van der Waals surface area contributed by atoms with Crippen molar-refractivity contribution in [1.82, 2.24) is 0 Å². The van der Waals surface area contributed by atoms with Crippen molar-refractivity contribution in [3.63, 3.8) is 0 Å². The van der Waals surface area contributed by atoms with E-state index in [1.54, 1.807) is 12.1 Å². The van der Waals surface area contributed by atoms with Crippen LogP contribution in [0, 0.1) is 18.3 Å². The molecule has 0 aliphatic rings. The molecule has 3 nitrogen and oxygen atoms in total. The van der Waals surface area contributed by atoms with Crippen LogP contribution < -0.4 is 5.32 Å². The zero-order valence-corrected chi connectivity index (χ0v) is 14.4. The van der Waals surface area contributed by atoms with Gasteiger partial charge in [0, 0.05) is 20.7 Å². The van der Waals surface area contributed by atoms with Gasteiger partial charge in [0.05, 0.1) is 5.02 Å². The molecular weight excluding hydrogens is 340 g/mol. The van der Waals surface area contributed by atoms with Crippen LogP contribution in [0.15, 0.2) is 54.1 Å². The van der Waals surface area contributed by atoms with E-state index in [1.165, 1.54) is 11.3 Å². The highest BCUT2D eigenvalue weighted by Crippen LogP contribution is 2.36. The molecule has 0 aliphatic heterocycles. The minimum Gasteiger partial charge on any atom is -0.321 e. The van der Waals surface area contributed by atoms with Gasteiger partial charge in [-0.1, -0.05) is 48.0 Å². The van der Waals surface area contributed by atoms with E-state index >= 15 is 0 Å². The monoisotopic (exact) mass is 352 g/mol. The molecule has 3 aromatic rings. The summed E-state index contributed by atoms with van der Waals surface area (Å²) in [5.41, 5.74) is 1.64. The summed E-state index contributed by atoms with van der Waals surface area (Å²) in [5, 5.41) is 13.6. The summed E-state index contributed by atoms with van der Waals surface area (Å²) >= 11 is 7.83. The number of nitrogens with zero attached hydrogens (tertiary/aromatic N) is 1. The number of nitrogens with one attached hydrogen (secondary N) is 1. The van der Waals surface area contributed by atoms with E-state index in [9.17, 15) is 10.1 Å². The Kier molecular flexibility index (Phi) is 4.66. The maximum atomic E-state index is 12.4. The number of carbonyl (C=O) groups is 1. The largest absolute Gasteiger partial charge is 0.321 e. The van der Waals surface area contributed by atoms with E-state index in [2.05, 4.69) is 5.32 Å². The topological polar surface area (TPSA) is 52.9 Å². The zero-order valence-electron chi connectivity index (χ0n) is 12.8. The van der Waals surface area contributed by atoms with E-state index in [0.29, 0.717) is 15.6 Å². The fourth-order valence-corrected chi connectivity index (χ4v) is 3.74. The Labute approximate surface area is 148 Å². The van der Waals surface area contributed by atoms with Crippen LogP contribution in [-0.2, 0) is 4.79 Å². The van der Waals surface area contributed by atoms with E-state index in [1.807, 2.05) is 55.5 Å². The van der Waals surface area contributed by atoms with E-state index in [-0.39, 0.29) is 5.57 Å². The van der Waals surface area contributed by atoms with Crippen molar-refractivity contribution in [3.05, 3.63) is 69.6 Å². The summed E-state index contributed by atoms with van der Waals surface area (Å²) < 4.78 is 1.02. The first-order chi connectivity index (χ1) is 11.6. The number of halogens is 1. The fraction of sp³-hybridized carbons (Fsp3) is 0.0526. The lowest BCUT2D eigenvalue weighted by molar-refractivity contribution is -0.112. The molecule has 0 fully saturated rings. The maximum absolute atomic E-state index is 12.4. The maximum Gasteiger partial charge on any atom is 0.266 e. The lowest BCUT2D eigenvalue weighted by atomic mass is 10.1. The van der Waals surface area contributed by atoms with Crippen LogP contribution in [0.3, 0.4) is 0 Å². The normalized spacial score (nSPS) is 11.3. The summed E-state index contributed by atoms with van der Waals surface area (Å²) in [6.07, 6.45) is 1.54. The highest BCUT2D eigenvalue weighted by Gasteiger charge is 2.14. The molecule has 24 heavy (non-hydrogen) atoms. The lowest BCUT2D eigenvalue weighted by Crippen LogP contribution is -2.14. The van der Waals surface area contributed by atoms with Gasteiger partial charge < -0.3 is 5.32 Å². The number of carbonyl (C=O) groups excluding carboxylic acids is 1. The van der Waals surface area contributed by atoms with E-state index in [4.69, 9.17) is 11.6 Å². The SMILES string of the molecule is Cc1ccccc1NC(=O)/C(C#N)=C/c1sc2ccccc2c1Cl. The number of rotatable bonds is 3. The first-order valence-electron chi connectivity index (χ1n) is 7.26. The van der Waals surface area contributed by atoms with Gasteiger partial charge in [0.2, 0.25) is 0 Å². The van der Waals surface area contributed by atoms with E-state index < -0.39 is 5.91 Å². The number of fused-ring (bicyclic) bond motifs is 1. The number of hydrogen-bond acceptors (Lipinski definition) is 3. The summed E-state index contributed by atoms with van der Waals surface area (Å²) in [6.45, 7) is 1.90. The second kappa shape index (κ2) is 6.88. The molecule has 0 atom stereocenters. The van der Waals surface area contributed by atoms with Crippen molar-refractivity contribution in [2.24, 2.45) is 0 Å². The zero-order chi connectivity index (χ0) is 17.1. The number of hydrogen-bond donors (Lipinski definition) is 1. The highest BCUT2D eigenvalue weighted by molar-refractivity contribution is 7.20. The predicted octanol–water partition coefficient (Wildman–Crippen LogP) is 5.41. The van der Waals surface area contributed by atoms with Gasteiger partial charge in [-0.2, -0.15) is 5.26 Å². The third-order valence-corrected chi connectivity index (χ3v) is 5.23. The van der Waals surface area contributed by atoms with Crippen molar-refractivity contribution in [1.29, 1.82) is 5.26 Å². The highest BCUT2D eigenvalue weighted by atomic mass is 35.5. The van der Waals surface area contributed by atoms with Crippen LogP contribution in [0.2, 0.25) is 5.02 Å². The quantitative estimate of drug-likeness (QED) is 0.506. The van der Waals surface area contributed by atoms with Crippen molar-refractivity contribution >= 4 is 50.7 Å². The second-order valence-corrected chi connectivity index (χ2v) is 6.68. The molecule has 1 amide bonds. The first kappa shape index (κ1) is 16.3. The average Bonchev–Trinajstić information content (AvgIpc) is 2.91. The first-order valence-corrected chi connectivity index (χ1v) is 8.45. The van der Waals surface area contributed by atoms with Gasteiger partial charge in [-0.15, -0.1) is 11.3 Å². The summed E-state index contributed by atoms with van der Waals surface area (Å²) in [5.74, 6) is -0.444. The number of aryl methyl sites for hydroxylation is 1. The third kappa shape index (κ3) is 3.18. The Morgan fingerprint density at radius 1 is 1.21 bits per heavy atom. The number of benzene rings is 2. The summed E-state index contributed by atoms with van der Waals surface area (Å²) in [7, 11) is 0. The molecular formula is C19H13ClN2OS. The van der Waals surface area contributed by atoms with Gasteiger partial charge >= 0.3 is 0 Å². The average molecular weight is 353 g/mol. The number of nitriles is 1. The Hall–Kier alpha value is -2.61. The Bertz CT molecular complexity index is 998. The van der Waals surface area contributed by atoms with E-state index in [0.717, 1.165) is 15.6 Å². The standard InChI is InChI=1S/C19H13ClN2OS/c1-12-6-2-4-8-15(12)22-19(23)13(11-21)10-17-18(20)14-7-3-5-9-16(14)24-17/h2-10H,1H3,(H,22,23)/b13-10+. The van der Waals surface area contributed by atoms with Crippen molar-refractivity contribution in [2.45, 2.75) is 6.92 Å². The number of amides is 1. The van der Waals surface area contributed by atoms with Gasteiger partial charge in [-0.05, 0) is 30.7 Å². The van der Waals surface area contributed by atoms with Crippen molar-refractivity contribution in [3.8, 4) is 6.07 Å². The number of anilines is 1. The van der Waals surface area contributed by atoms with Gasteiger partial charge in [0.1, 0.15) is 11.6 Å². The van der Waals surface area contributed by atoms with Crippen LogP contribution >= 0.6 is 22.9 Å². The molecule has 1 aromatic heterocycles. The van der Waals surface area contributed by atoms with Crippen LogP contribution in [0.5, 0.6) is 0 Å². The number of thiophene rings is 1. The van der Waals surface area contributed by atoms with Crippen LogP contribution in [0.25, 0.3) is 16.2 Å². The van der Waals surface area contributed by atoms with Gasteiger partial charge in [-0.3, -0.25) is 4.79 Å². The second-order valence-electron chi connectivity index (χ2n) is 5.22. The molecule has 0 spiro atoms. The van der Waals surface area contributed by atoms with Gasteiger partial charge in [0.15, 0.2) is 0 Å². The molecule has 1 N–H and O–H groups in total. The molecule has 5 heteroatoms. The van der Waals surface area contributed by atoms with Gasteiger partial charge in [0.25, 0.3) is 5.91 Å². The molecule has 0 bridgehead atoms. The Morgan fingerprint density at radius 2 is 1.92 bits per heavy atom. The number of para-hydroxylation sites is 1. The lowest BCUT2D eigenvalue weighted by Gasteiger charge is -2.07. The van der Waals surface area contributed by atoms with Crippen LogP contribution in [0.1, 0.15) is 10.4 Å². The third-order valence-electron chi connectivity index (χ3n) is 3.59. The molecule has 0 saturated carbocycles. The molecule has 0 saturated heterocycles. The molecule has 0 unspecified atom stereocenters. The van der Waals surface area contributed by atoms with Crippen molar-refractivity contribution < 1.29 is 4.79 Å². The molecule has 3 rings (SSSR count). The molecule has 0 radical (unpaired) electrons. The van der Waals surface area contributed by atoms with Crippen LogP contribution in [0.4, 0.5) is 5.69 Å². The minimum atomic E-state index is -0.444. The smallest absolute Gasteiger partial charge is 0.266 e. The van der Waals surface area contributed by atoms with Crippen molar-refractivity contribution in [2.75, 3.05) is 5.32 Å². The molecule has 118 valence electrons. The van der Waals surface area contributed by atoms with Crippen LogP contribution in [-0.4, -0.2) is 5.91 Å². The van der Waals surface area contributed by atoms with Gasteiger partial charge in [-0.25, -0.2) is 0 Å². The summed E-state index contributed by atoms with van der Waals surface area (Å²) in [6, 6.07) is 17.1.